The van der Waals surface area contributed by atoms with Gasteiger partial charge in [0.05, 0.1) is 29.6 Å². The topological polar surface area (TPSA) is 123 Å². The molecule has 0 unspecified atom stereocenters. The standard InChI is InChI=1S/C21H24N2O7/c1-4-29-21(28)18-12(3)22-11(2)17(18)15(24)10-30-16(25)9-23-19(26)13-7-5-6-8-14(13)20(23)27/h5-6,13-14,22H,4,7-10H2,1-3H3/t13-,14-/m1/s1. The molecule has 1 N–H and O–H groups in total. The van der Waals surface area contributed by atoms with Gasteiger partial charge in [-0.1, -0.05) is 12.2 Å². The lowest BCUT2D eigenvalue weighted by molar-refractivity contribution is -0.152. The largest absolute Gasteiger partial charge is 0.462 e. The van der Waals surface area contributed by atoms with Crippen LogP contribution in [0.1, 0.15) is 51.9 Å². The van der Waals surface area contributed by atoms with Crippen LogP contribution in [-0.4, -0.2) is 59.2 Å². The molecule has 9 nitrogen and oxygen atoms in total. The third-order valence-corrected chi connectivity index (χ3v) is 5.38. The van der Waals surface area contributed by atoms with Gasteiger partial charge in [-0.15, -0.1) is 0 Å². The average Bonchev–Trinajstić information content (AvgIpc) is 3.14. The van der Waals surface area contributed by atoms with Crippen LogP contribution in [-0.2, 0) is 23.9 Å². The van der Waals surface area contributed by atoms with Crippen molar-refractivity contribution in [3.05, 3.63) is 34.7 Å². The van der Waals surface area contributed by atoms with Crippen LogP contribution in [0.2, 0.25) is 0 Å². The number of hydrogen-bond donors (Lipinski definition) is 1. The summed E-state index contributed by atoms with van der Waals surface area (Å²) in [4.78, 5) is 65.7. The van der Waals surface area contributed by atoms with Crippen molar-refractivity contribution in [3.8, 4) is 0 Å². The van der Waals surface area contributed by atoms with Gasteiger partial charge in [-0.3, -0.25) is 24.1 Å². The first kappa shape index (κ1) is 21.5. The van der Waals surface area contributed by atoms with Crippen molar-refractivity contribution in [1.29, 1.82) is 0 Å². The summed E-state index contributed by atoms with van der Waals surface area (Å²) in [5, 5.41) is 0. The van der Waals surface area contributed by atoms with Crippen LogP contribution in [0, 0.1) is 25.7 Å². The number of likely N-dealkylation sites (tertiary alicyclic amines) is 1. The molecule has 0 saturated carbocycles. The maximum Gasteiger partial charge on any atom is 0.340 e. The SMILES string of the molecule is CCOC(=O)c1c(C)[nH]c(C)c1C(=O)COC(=O)CN1C(=O)[C@@H]2CC=CC[C@H]2C1=O. The molecule has 2 heterocycles. The zero-order chi connectivity index (χ0) is 22.0. The van der Waals surface area contributed by atoms with Crippen molar-refractivity contribution in [2.45, 2.75) is 33.6 Å². The zero-order valence-corrected chi connectivity index (χ0v) is 17.1. The van der Waals surface area contributed by atoms with E-state index in [0.717, 1.165) is 4.90 Å². The number of ketones is 1. The Balaban J connectivity index is 1.63. The Labute approximate surface area is 173 Å². The first-order valence-electron chi connectivity index (χ1n) is 9.81. The Bertz CT molecular complexity index is 917. The summed E-state index contributed by atoms with van der Waals surface area (Å²) in [7, 11) is 0. The molecule has 0 spiro atoms. The quantitative estimate of drug-likeness (QED) is 0.309. The summed E-state index contributed by atoms with van der Waals surface area (Å²) < 4.78 is 10.0. The second-order valence-corrected chi connectivity index (χ2v) is 7.35. The molecule has 1 aliphatic carbocycles. The molecule has 2 aliphatic rings. The van der Waals surface area contributed by atoms with Gasteiger partial charge in [-0.05, 0) is 33.6 Å². The number of H-pyrrole nitrogens is 1. The van der Waals surface area contributed by atoms with E-state index in [-0.39, 0.29) is 29.5 Å². The van der Waals surface area contributed by atoms with E-state index in [4.69, 9.17) is 9.47 Å². The molecule has 3 rings (SSSR count). The molecular formula is C21H24N2O7. The minimum absolute atomic E-state index is 0.101. The van der Waals surface area contributed by atoms with Gasteiger partial charge in [0, 0.05) is 11.4 Å². The smallest absolute Gasteiger partial charge is 0.340 e. The molecular weight excluding hydrogens is 392 g/mol. The van der Waals surface area contributed by atoms with Gasteiger partial charge in [-0.2, -0.15) is 0 Å². The monoisotopic (exact) mass is 416 g/mol. The number of aromatic nitrogens is 1. The summed E-state index contributed by atoms with van der Waals surface area (Å²) in [5.41, 5.74) is 1.14. The van der Waals surface area contributed by atoms with E-state index in [2.05, 4.69) is 4.98 Å². The third-order valence-electron chi connectivity index (χ3n) is 5.38. The first-order valence-corrected chi connectivity index (χ1v) is 9.81. The second kappa shape index (κ2) is 8.64. The third kappa shape index (κ3) is 3.92. The number of carbonyl (C=O) groups excluding carboxylic acids is 5. The minimum Gasteiger partial charge on any atom is -0.462 e. The minimum atomic E-state index is -0.862. The number of imide groups is 1. The van der Waals surface area contributed by atoms with Crippen LogP contribution in [0.25, 0.3) is 0 Å². The summed E-state index contributed by atoms with van der Waals surface area (Å²) >= 11 is 0. The number of esters is 2. The number of Topliss-reactive ketones (excluding diaryl/α,β-unsaturated/α-hetero) is 1. The molecule has 9 heteroatoms. The van der Waals surface area contributed by atoms with E-state index in [9.17, 15) is 24.0 Å². The molecule has 160 valence electrons. The molecule has 0 aromatic carbocycles. The maximum absolute atomic E-state index is 12.6. The average molecular weight is 416 g/mol. The van der Waals surface area contributed by atoms with Crippen molar-refractivity contribution < 1.29 is 33.4 Å². The fourth-order valence-corrected chi connectivity index (χ4v) is 4.01. The Morgan fingerprint density at radius 3 is 2.13 bits per heavy atom. The summed E-state index contributed by atoms with van der Waals surface area (Å²) in [6.45, 7) is 3.93. The molecule has 30 heavy (non-hydrogen) atoms. The van der Waals surface area contributed by atoms with Crippen molar-refractivity contribution in [1.82, 2.24) is 9.88 Å². The number of amides is 2. The highest BCUT2D eigenvalue weighted by Gasteiger charge is 2.47. The number of fused-ring (bicyclic) bond motifs is 1. The molecule has 1 aliphatic heterocycles. The molecule has 1 saturated heterocycles. The highest BCUT2D eigenvalue weighted by Crippen LogP contribution is 2.34. The lowest BCUT2D eigenvalue weighted by Gasteiger charge is -2.14. The Morgan fingerprint density at radius 1 is 1.00 bits per heavy atom. The Hall–Kier alpha value is -3.23. The van der Waals surface area contributed by atoms with Gasteiger partial charge < -0.3 is 14.5 Å². The number of carbonyl (C=O) groups is 5. The summed E-state index contributed by atoms with van der Waals surface area (Å²) in [5.74, 6) is -3.73. The van der Waals surface area contributed by atoms with Crippen molar-refractivity contribution in [2.75, 3.05) is 19.8 Å². The van der Waals surface area contributed by atoms with Crippen LogP contribution in [0.15, 0.2) is 12.2 Å². The van der Waals surface area contributed by atoms with E-state index in [1.54, 1.807) is 20.8 Å². The van der Waals surface area contributed by atoms with Crippen molar-refractivity contribution in [2.24, 2.45) is 11.8 Å². The van der Waals surface area contributed by atoms with E-state index in [1.165, 1.54) is 0 Å². The molecule has 0 radical (unpaired) electrons. The molecule has 1 fully saturated rings. The molecule has 0 bridgehead atoms. The highest BCUT2D eigenvalue weighted by molar-refractivity contribution is 6.09. The fraction of sp³-hybridized carbons (Fsp3) is 0.476. The summed E-state index contributed by atoms with van der Waals surface area (Å²) in [6, 6.07) is 0. The van der Waals surface area contributed by atoms with Crippen molar-refractivity contribution >= 4 is 29.5 Å². The predicted molar refractivity (Wildman–Crippen MR) is 104 cm³/mol. The second-order valence-electron chi connectivity index (χ2n) is 7.35. The number of allylic oxidation sites excluding steroid dienone is 2. The maximum atomic E-state index is 12.6. The van der Waals surface area contributed by atoms with Gasteiger partial charge in [0.1, 0.15) is 6.54 Å². The van der Waals surface area contributed by atoms with Gasteiger partial charge in [0.2, 0.25) is 17.6 Å². The van der Waals surface area contributed by atoms with Crippen LogP contribution in [0.4, 0.5) is 0 Å². The number of aryl methyl sites for hydroxylation is 2. The van der Waals surface area contributed by atoms with Crippen LogP contribution < -0.4 is 0 Å². The lowest BCUT2D eigenvalue weighted by atomic mass is 9.85. The lowest BCUT2D eigenvalue weighted by Crippen LogP contribution is -2.37. The Morgan fingerprint density at radius 2 is 1.57 bits per heavy atom. The van der Waals surface area contributed by atoms with Gasteiger partial charge in [0.15, 0.2) is 6.61 Å². The van der Waals surface area contributed by atoms with Gasteiger partial charge >= 0.3 is 11.9 Å². The number of ether oxygens (including phenoxy) is 2. The molecule has 1 aromatic rings. The highest BCUT2D eigenvalue weighted by atomic mass is 16.5. The summed E-state index contributed by atoms with van der Waals surface area (Å²) in [6.07, 6.45) is 4.66. The number of aromatic amines is 1. The predicted octanol–water partition coefficient (Wildman–Crippen LogP) is 1.49. The van der Waals surface area contributed by atoms with Gasteiger partial charge in [0.25, 0.3) is 0 Å². The normalized spacial score (nSPS) is 20.3. The number of nitrogens with one attached hydrogen (secondary N) is 1. The van der Waals surface area contributed by atoms with E-state index in [0.29, 0.717) is 24.2 Å². The van der Waals surface area contributed by atoms with Crippen molar-refractivity contribution in [3.63, 3.8) is 0 Å². The first-order chi connectivity index (χ1) is 14.3. The number of rotatable bonds is 7. The van der Waals surface area contributed by atoms with Gasteiger partial charge in [-0.25, -0.2) is 4.79 Å². The number of nitrogens with zero attached hydrogens (tertiary/aromatic N) is 1. The number of hydrogen-bond acceptors (Lipinski definition) is 7. The Kier molecular flexibility index (Phi) is 6.19. The van der Waals surface area contributed by atoms with E-state index in [1.807, 2.05) is 12.2 Å². The molecule has 1 aromatic heterocycles. The molecule has 2 amide bonds. The van der Waals surface area contributed by atoms with E-state index < -0.39 is 42.7 Å². The van der Waals surface area contributed by atoms with Crippen LogP contribution >= 0.6 is 0 Å². The zero-order valence-electron chi connectivity index (χ0n) is 17.1. The molecule has 2 atom stereocenters. The van der Waals surface area contributed by atoms with E-state index >= 15 is 0 Å². The van der Waals surface area contributed by atoms with Crippen LogP contribution in [0.5, 0.6) is 0 Å². The van der Waals surface area contributed by atoms with Crippen LogP contribution in [0.3, 0.4) is 0 Å². The fourth-order valence-electron chi connectivity index (χ4n) is 4.01.